The van der Waals surface area contributed by atoms with E-state index < -0.39 is 11.9 Å². The first-order chi connectivity index (χ1) is 13.5. The van der Waals surface area contributed by atoms with Gasteiger partial charge in [-0.25, -0.2) is 15.0 Å². The maximum Gasteiger partial charge on any atom is 0.433 e. The molecule has 0 aliphatic carbocycles. The summed E-state index contributed by atoms with van der Waals surface area (Å²) in [6.07, 6.45) is -1.21. The topological polar surface area (TPSA) is 41.9 Å². The lowest BCUT2D eigenvalue weighted by molar-refractivity contribution is -0.141. The lowest BCUT2D eigenvalue weighted by Gasteiger charge is -2.30. The van der Waals surface area contributed by atoms with Crippen molar-refractivity contribution in [3.05, 3.63) is 59.8 Å². The molecule has 0 radical (unpaired) electrons. The SMILES string of the molecule is CSc1nc(N2CCCc3ccc(-c4ccccc4)nc32)cc(C(F)(F)F)n1. The first-order valence-corrected chi connectivity index (χ1v) is 10.0. The summed E-state index contributed by atoms with van der Waals surface area (Å²) in [7, 11) is 0. The van der Waals surface area contributed by atoms with Crippen LogP contribution in [0.15, 0.2) is 53.7 Å². The van der Waals surface area contributed by atoms with Crippen LogP contribution in [0, 0.1) is 0 Å². The van der Waals surface area contributed by atoms with Crippen molar-refractivity contribution in [2.45, 2.75) is 24.2 Å². The number of hydrogen-bond acceptors (Lipinski definition) is 5. The first-order valence-electron chi connectivity index (χ1n) is 8.79. The molecule has 144 valence electrons. The maximum atomic E-state index is 13.3. The number of aromatic nitrogens is 3. The molecule has 4 nitrogen and oxygen atoms in total. The van der Waals surface area contributed by atoms with Crippen molar-refractivity contribution in [1.82, 2.24) is 15.0 Å². The van der Waals surface area contributed by atoms with E-state index in [1.54, 1.807) is 11.2 Å². The number of pyridine rings is 1. The van der Waals surface area contributed by atoms with Crippen LogP contribution in [-0.4, -0.2) is 27.8 Å². The number of hydrogen-bond donors (Lipinski definition) is 0. The van der Waals surface area contributed by atoms with Gasteiger partial charge in [-0.3, -0.25) is 0 Å². The van der Waals surface area contributed by atoms with Gasteiger partial charge in [0.2, 0.25) is 0 Å². The Balaban J connectivity index is 1.81. The molecule has 0 atom stereocenters. The highest BCUT2D eigenvalue weighted by molar-refractivity contribution is 7.98. The number of anilines is 2. The fourth-order valence-corrected chi connectivity index (χ4v) is 3.59. The fraction of sp³-hybridized carbons (Fsp3) is 0.250. The summed E-state index contributed by atoms with van der Waals surface area (Å²) >= 11 is 1.09. The monoisotopic (exact) mass is 402 g/mol. The summed E-state index contributed by atoms with van der Waals surface area (Å²) in [4.78, 5) is 14.5. The minimum Gasteiger partial charge on any atom is -0.311 e. The second-order valence-electron chi connectivity index (χ2n) is 6.40. The number of fused-ring (bicyclic) bond motifs is 1. The van der Waals surface area contributed by atoms with Gasteiger partial charge in [0.25, 0.3) is 0 Å². The van der Waals surface area contributed by atoms with E-state index in [1.165, 1.54) is 0 Å². The van der Waals surface area contributed by atoms with E-state index in [0.717, 1.165) is 47.5 Å². The summed E-state index contributed by atoms with van der Waals surface area (Å²) in [5.41, 5.74) is 1.80. The second-order valence-corrected chi connectivity index (χ2v) is 7.17. The number of benzene rings is 1. The number of nitrogens with zero attached hydrogens (tertiary/aromatic N) is 4. The average molecular weight is 402 g/mol. The summed E-state index contributed by atoms with van der Waals surface area (Å²) < 4.78 is 39.9. The predicted molar refractivity (Wildman–Crippen MR) is 104 cm³/mol. The van der Waals surface area contributed by atoms with Gasteiger partial charge in [0, 0.05) is 18.2 Å². The van der Waals surface area contributed by atoms with Gasteiger partial charge in [0.05, 0.1) is 5.69 Å². The summed E-state index contributed by atoms with van der Waals surface area (Å²) in [6.45, 7) is 0.556. The molecule has 2 aromatic heterocycles. The van der Waals surface area contributed by atoms with Gasteiger partial charge in [-0.15, -0.1) is 0 Å². The van der Waals surface area contributed by atoms with Gasteiger partial charge in [-0.1, -0.05) is 48.2 Å². The van der Waals surface area contributed by atoms with Gasteiger partial charge in [-0.2, -0.15) is 13.2 Å². The van der Waals surface area contributed by atoms with Crippen molar-refractivity contribution < 1.29 is 13.2 Å². The van der Waals surface area contributed by atoms with Crippen molar-refractivity contribution in [3.8, 4) is 11.3 Å². The van der Waals surface area contributed by atoms with E-state index >= 15 is 0 Å². The van der Waals surface area contributed by atoms with Crippen molar-refractivity contribution in [2.75, 3.05) is 17.7 Å². The highest BCUT2D eigenvalue weighted by Gasteiger charge is 2.35. The van der Waals surface area contributed by atoms with Crippen molar-refractivity contribution in [2.24, 2.45) is 0 Å². The maximum absolute atomic E-state index is 13.3. The molecule has 0 amide bonds. The van der Waals surface area contributed by atoms with Gasteiger partial charge in [-0.05, 0) is 30.7 Å². The smallest absolute Gasteiger partial charge is 0.311 e. The highest BCUT2D eigenvalue weighted by Crippen LogP contribution is 2.36. The molecule has 0 saturated heterocycles. The van der Waals surface area contributed by atoms with Crippen LogP contribution in [0.1, 0.15) is 17.7 Å². The van der Waals surface area contributed by atoms with Gasteiger partial charge in [0.15, 0.2) is 10.9 Å². The third-order valence-corrected chi connectivity index (χ3v) is 5.10. The Kier molecular flexibility index (Phi) is 4.97. The van der Waals surface area contributed by atoms with Crippen LogP contribution in [-0.2, 0) is 12.6 Å². The van der Waals surface area contributed by atoms with E-state index in [0.29, 0.717) is 12.4 Å². The van der Waals surface area contributed by atoms with Crippen molar-refractivity contribution >= 4 is 23.4 Å². The predicted octanol–water partition coefficient (Wildman–Crippen LogP) is 5.36. The lowest BCUT2D eigenvalue weighted by atomic mass is 10.0. The number of alkyl halides is 3. The zero-order valence-electron chi connectivity index (χ0n) is 15.1. The highest BCUT2D eigenvalue weighted by atomic mass is 32.2. The molecule has 3 aromatic rings. The minimum absolute atomic E-state index is 0.0937. The zero-order valence-corrected chi connectivity index (χ0v) is 15.9. The molecule has 0 spiro atoms. The van der Waals surface area contributed by atoms with Crippen LogP contribution in [0.2, 0.25) is 0 Å². The Bertz CT molecular complexity index is 992. The molecule has 1 aliphatic heterocycles. The lowest BCUT2D eigenvalue weighted by Crippen LogP contribution is -2.27. The number of aryl methyl sites for hydroxylation is 1. The third-order valence-electron chi connectivity index (χ3n) is 4.55. The van der Waals surface area contributed by atoms with Crippen LogP contribution in [0.5, 0.6) is 0 Å². The number of rotatable bonds is 3. The Hall–Kier alpha value is -2.61. The summed E-state index contributed by atoms with van der Waals surface area (Å²) in [6, 6.07) is 14.7. The summed E-state index contributed by atoms with van der Waals surface area (Å²) in [5, 5.41) is 0.0937. The quantitative estimate of drug-likeness (QED) is 0.436. The van der Waals surface area contributed by atoms with Crippen LogP contribution >= 0.6 is 11.8 Å². The Morgan fingerprint density at radius 2 is 1.79 bits per heavy atom. The van der Waals surface area contributed by atoms with E-state index in [-0.39, 0.29) is 11.0 Å². The second kappa shape index (κ2) is 7.43. The van der Waals surface area contributed by atoms with Crippen LogP contribution in [0.4, 0.5) is 24.8 Å². The number of halogens is 3. The third kappa shape index (κ3) is 3.69. The minimum atomic E-state index is -4.53. The van der Waals surface area contributed by atoms with E-state index in [4.69, 9.17) is 4.98 Å². The first kappa shape index (κ1) is 18.7. The molecule has 0 fully saturated rings. The van der Waals surface area contributed by atoms with E-state index in [2.05, 4.69) is 9.97 Å². The van der Waals surface area contributed by atoms with Crippen molar-refractivity contribution in [3.63, 3.8) is 0 Å². The molecule has 3 heterocycles. The molecule has 0 unspecified atom stereocenters. The Morgan fingerprint density at radius 3 is 2.50 bits per heavy atom. The van der Waals surface area contributed by atoms with Crippen LogP contribution in [0.25, 0.3) is 11.3 Å². The fourth-order valence-electron chi connectivity index (χ4n) is 3.22. The molecule has 28 heavy (non-hydrogen) atoms. The zero-order chi connectivity index (χ0) is 19.7. The van der Waals surface area contributed by atoms with Gasteiger partial charge < -0.3 is 4.90 Å². The van der Waals surface area contributed by atoms with E-state index in [9.17, 15) is 13.2 Å². The molecule has 8 heteroatoms. The molecule has 1 aliphatic rings. The molecule has 0 N–H and O–H groups in total. The van der Waals surface area contributed by atoms with E-state index in [1.807, 2.05) is 42.5 Å². The Labute approximate surface area is 164 Å². The van der Waals surface area contributed by atoms with Crippen LogP contribution < -0.4 is 4.90 Å². The summed E-state index contributed by atoms with van der Waals surface area (Å²) in [5.74, 6) is 0.886. The van der Waals surface area contributed by atoms with Gasteiger partial charge in [0.1, 0.15) is 11.6 Å². The molecule has 4 rings (SSSR count). The molecular formula is C20H17F3N4S. The molecular weight excluding hydrogens is 385 g/mol. The standard InChI is InChI=1S/C20H17F3N4S/c1-28-19-25-16(20(21,22)23)12-17(26-19)27-11-5-8-14-9-10-15(24-18(14)27)13-6-3-2-4-7-13/h2-4,6-7,9-10,12H,5,8,11H2,1H3. The van der Waals surface area contributed by atoms with Crippen molar-refractivity contribution in [1.29, 1.82) is 0 Å². The average Bonchev–Trinajstić information content (AvgIpc) is 2.72. The largest absolute Gasteiger partial charge is 0.433 e. The normalized spacial score (nSPS) is 14.1. The van der Waals surface area contributed by atoms with Gasteiger partial charge >= 0.3 is 6.18 Å². The number of thioether (sulfide) groups is 1. The molecule has 1 aromatic carbocycles. The Morgan fingerprint density at radius 1 is 1.00 bits per heavy atom. The molecule has 0 saturated carbocycles. The van der Waals surface area contributed by atoms with Crippen LogP contribution in [0.3, 0.4) is 0 Å². The molecule has 0 bridgehead atoms.